The maximum Gasteiger partial charge on any atom is 0.341 e. The van der Waals surface area contributed by atoms with Crippen LogP contribution in [0.4, 0.5) is 5.00 Å². The summed E-state index contributed by atoms with van der Waals surface area (Å²) < 4.78 is 5.24. The van der Waals surface area contributed by atoms with Gasteiger partial charge in [0, 0.05) is 11.4 Å². The van der Waals surface area contributed by atoms with Crippen molar-refractivity contribution in [1.29, 1.82) is 0 Å². The lowest BCUT2D eigenvalue weighted by Crippen LogP contribution is -2.28. The Labute approximate surface area is 140 Å². The summed E-state index contributed by atoms with van der Waals surface area (Å²) in [5.74, 6) is 0.331. The highest BCUT2D eigenvalue weighted by Gasteiger charge is 2.28. The minimum atomic E-state index is -0.261. The van der Waals surface area contributed by atoms with Crippen molar-refractivity contribution in [3.8, 4) is 0 Å². The second kappa shape index (κ2) is 7.74. The normalized spacial score (nSPS) is 16.5. The van der Waals surface area contributed by atoms with Crippen molar-refractivity contribution in [1.82, 2.24) is 5.32 Å². The van der Waals surface area contributed by atoms with Gasteiger partial charge in [-0.05, 0) is 49.9 Å². The van der Waals surface area contributed by atoms with Gasteiger partial charge >= 0.3 is 5.97 Å². The van der Waals surface area contributed by atoms with Gasteiger partial charge in [-0.2, -0.15) is 0 Å². The lowest BCUT2D eigenvalue weighted by atomic mass is 9.88. The number of rotatable bonds is 5. The number of anilines is 1. The summed E-state index contributed by atoms with van der Waals surface area (Å²) >= 11 is 6.88. The van der Waals surface area contributed by atoms with E-state index in [9.17, 15) is 4.79 Å². The predicted octanol–water partition coefficient (Wildman–Crippen LogP) is 3.52. The maximum atomic E-state index is 12.4. The first kappa shape index (κ1) is 17.0. The molecule has 0 spiro atoms. The number of nitrogens with one attached hydrogen (secondary N) is 2. The molecule has 22 heavy (non-hydrogen) atoms. The molecule has 0 radical (unpaired) electrons. The van der Waals surface area contributed by atoms with E-state index in [-0.39, 0.29) is 5.97 Å². The third kappa shape index (κ3) is 3.87. The summed E-state index contributed by atoms with van der Waals surface area (Å²) in [5.41, 5.74) is 1.80. The predicted molar refractivity (Wildman–Crippen MR) is 95.9 cm³/mol. The summed E-state index contributed by atoms with van der Waals surface area (Å²) in [6.07, 6.45) is 4.84. The fourth-order valence-electron chi connectivity index (χ4n) is 2.58. The first-order valence-electron chi connectivity index (χ1n) is 7.54. The summed E-state index contributed by atoms with van der Waals surface area (Å²) in [6, 6.07) is 0. The molecule has 0 unspecified atom stereocenters. The molecule has 4 nitrogen and oxygen atoms in total. The Morgan fingerprint density at radius 2 is 2.36 bits per heavy atom. The lowest BCUT2D eigenvalue weighted by molar-refractivity contribution is 0.0526. The van der Waals surface area contributed by atoms with E-state index in [1.165, 1.54) is 4.88 Å². The molecular weight excluding hydrogens is 316 g/mol. The van der Waals surface area contributed by atoms with Crippen molar-refractivity contribution >= 4 is 39.6 Å². The van der Waals surface area contributed by atoms with Crippen LogP contribution in [0.2, 0.25) is 0 Å². The molecule has 6 heteroatoms. The Morgan fingerprint density at radius 3 is 3.05 bits per heavy atom. The molecule has 0 aliphatic heterocycles. The van der Waals surface area contributed by atoms with Crippen LogP contribution >= 0.6 is 23.6 Å². The fraction of sp³-hybridized carbons (Fsp3) is 0.500. The van der Waals surface area contributed by atoms with Gasteiger partial charge in [0.05, 0.1) is 12.2 Å². The number of fused-ring (bicyclic) bond motifs is 1. The molecule has 0 saturated heterocycles. The molecule has 1 heterocycles. The quantitative estimate of drug-likeness (QED) is 0.489. The molecule has 0 aromatic carbocycles. The van der Waals surface area contributed by atoms with Gasteiger partial charge in [0.15, 0.2) is 5.11 Å². The van der Waals surface area contributed by atoms with Gasteiger partial charge in [-0.15, -0.1) is 17.9 Å². The maximum absolute atomic E-state index is 12.4. The molecule has 0 fully saturated rings. The Balaban J connectivity index is 2.29. The van der Waals surface area contributed by atoms with Crippen LogP contribution in [0.5, 0.6) is 0 Å². The Bertz CT molecular complexity index is 581. The third-order valence-corrected chi connectivity index (χ3v) is 5.07. The van der Waals surface area contributed by atoms with E-state index in [4.69, 9.17) is 17.0 Å². The first-order valence-corrected chi connectivity index (χ1v) is 8.76. The summed E-state index contributed by atoms with van der Waals surface area (Å²) in [6.45, 7) is 8.65. The molecule has 0 amide bonds. The van der Waals surface area contributed by atoms with Crippen LogP contribution in [-0.2, 0) is 17.6 Å². The first-order chi connectivity index (χ1) is 10.6. The lowest BCUT2D eigenvalue weighted by Gasteiger charge is -2.18. The van der Waals surface area contributed by atoms with E-state index in [1.54, 1.807) is 17.4 Å². The van der Waals surface area contributed by atoms with Crippen molar-refractivity contribution in [3.05, 3.63) is 28.7 Å². The van der Waals surface area contributed by atoms with Crippen LogP contribution in [0.15, 0.2) is 12.7 Å². The van der Waals surface area contributed by atoms with Crippen molar-refractivity contribution < 1.29 is 9.53 Å². The number of thiophene rings is 1. The molecule has 1 aliphatic rings. The number of thiocarbonyl (C=S) groups is 1. The minimum Gasteiger partial charge on any atom is -0.462 e. The molecule has 120 valence electrons. The van der Waals surface area contributed by atoms with Crippen LogP contribution < -0.4 is 10.6 Å². The SMILES string of the molecule is C=CCNC(=S)Nc1sc2c(c1C(=O)OCC)C[C@@H](C)CC2. The molecule has 1 aromatic rings. The molecular formula is C16H22N2O2S2. The average molecular weight is 338 g/mol. The number of hydrogen-bond donors (Lipinski definition) is 2. The van der Waals surface area contributed by atoms with E-state index >= 15 is 0 Å². The second-order valence-corrected chi connectivity index (χ2v) is 6.91. The van der Waals surface area contributed by atoms with Gasteiger partial charge in [-0.3, -0.25) is 0 Å². The number of carbonyl (C=O) groups is 1. The molecule has 1 atom stereocenters. The number of esters is 1. The Kier molecular flexibility index (Phi) is 5.97. The van der Waals surface area contributed by atoms with E-state index in [0.717, 1.165) is 29.8 Å². The standard InChI is InChI=1S/C16H22N2O2S2/c1-4-8-17-16(21)18-14-13(15(19)20-5-2)11-9-10(3)6-7-12(11)22-14/h4,10H,1,5-9H2,2-3H3,(H2,17,18,21)/t10-/m0/s1. The molecule has 2 N–H and O–H groups in total. The smallest absolute Gasteiger partial charge is 0.341 e. The molecule has 0 saturated carbocycles. The highest BCUT2D eigenvalue weighted by atomic mass is 32.1. The molecule has 1 aromatic heterocycles. The van der Waals surface area contributed by atoms with Gasteiger partial charge in [0.1, 0.15) is 5.00 Å². The summed E-state index contributed by atoms with van der Waals surface area (Å²) in [5, 5.41) is 7.46. The van der Waals surface area contributed by atoms with Crippen LogP contribution in [0.25, 0.3) is 0 Å². The summed E-state index contributed by atoms with van der Waals surface area (Å²) in [4.78, 5) is 13.6. The van der Waals surface area contributed by atoms with Crippen LogP contribution in [0.3, 0.4) is 0 Å². The van der Waals surface area contributed by atoms with Crippen LogP contribution in [0.1, 0.15) is 41.1 Å². The highest BCUT2D eigenvalue weighted by Crippen LogP contribution is 2.40. The van der Waals surface area contributed by atoms with Gasteiger partial charge in [-0.25, -0.2) is 4.79 Å². The van der Waals surface area contributed by atoms with Crippen molar-refractivity contribution in [2.24, 2.45) is 5.92 Å². The van der Waals surface area contributed by atoms with Gasteiger partial charge in [0.2, 0.25) is 0 Å². The number of hydrogen-bond acceptors (Lipinski definition) is 4. The zero-order chi connectivity index (χ0) is 16.1. The minimum absolute atomic E-state index is 0.261. The molecule has 0 bridgehead atoms. The zero-order valence-electron chi connectivity index (χ0n) is 13.0. The average Bonchev–Trinajstić information content (AvgIpc) is 2.82. The number of ether oxygens (including phenoxy) is 1. The highest BCUT2D eigenvalue weighted by molar-refractivity contribution is 7.80. The number of aryl methyl sites for hydroxylation is 1. The fourth-order valence-corrected chi connectivity index (χ4v) is 4.06. The Hall–Kier alpha value is -1.40. The van der Waals surface area contributed by atoms with E-state index in [2.05, 4.69) is 24.1 Å². The van der Waals surface area contributed by atoms with Crippen molar-refractivity contribution in [2.45, 2.75) is 33.1 Å². The van der Waals surface area contributed by atoms with Gasteiger partial charge in [-0.1, -0.05) is 13.0 Å². The molecule has 2 rings (SSSR count). The second-order valence-electron chi connectivity index (χ2n) is 5.40. The topological polar surface area (TPSA) is 50.4 Å². The zero-order valence-corrected chi connectivity index (χ0v) is 14.7. The van der Waals surface area contributed by atoms with Crippen molar-refractivity contribution in [3.63, 3.8) is 0 Å². The Morgan fingerprint density at radius 1 is 1.59 bits per heavy atom. The van der Waals surface area contributed by atoms with E-state index in [0.29, 0.717) is 29.7 Å². The number of carbonyl (C=O) groups excluding carboxylic acids is 1. The van der Waals surface area contributed by atoms with E-state index in [1.807, 2.05) is 6.92 Å². The van der Waals surface area contributed by atoms with Crippen LogP contribution in [0, 0.1) is 5.92 Å². The van der Waals surface area contributed by atoms with Gasteiger partial charge in [0.25, 0.3) is 0 Å². The van der Waals surface area contributed by atoms with Crippen LogP contribution in [-0.4, -0.2) is 24.2 Å². The third-order valence-electron chi connectivity index (χ3n) is 3.62. The largest absolute Gasteiger partial charge is 0.462 e. The van der Waals surface area contributed by atoms with Gasteiger partial charge < -0.3 is 15.4 Å². The van der Waals surface area contributed by atoms with E-state index < -0.39 is 0 Å². The molecule has 1 aliphatic carbocycles. The monoisotopic (exact) mass is 338 g/mol. The van der Waals surface area contributed by atoms with Crippen molar-refractivity contribution in [2.75, 3.05) is 18.5 Å². The summed E-state index contributed by atoms with van der Waals surface area (Å²) in [7, 11) is 0.